The van der Waals surface area contributed by atoms with E-state index in [0.29, 0.717) is 6.07 Å². The van der Waals surface area contributed by atoms with Gasteiger partial charge in [0, 0.05) is 12.1 Å². The Morgan fingerprint density at radius 3 is 2.29 bits per heavy atom. The van der Waals surface area contributed by atoms with E-state index < -0.39 is 17.6 Å². The summed E-state index contributed by atoms with van der Waals surface area (Å²) in [6, 6.07) is 0.630. The first-order valence-corrected chi connectivity index (χ1v) is 5.95. The summed E-state index contributed by atoms with van der Waals surface area (Å²) in [5.41, 5.74) is 0. The number of nitrogens with zero attached hydrogens (tertiary/aromatic N) is 1. The Bertz CT molecular complexity index is 388. The highest BCUT2D eigenvalue weighted by Gasteiger charge is 2.17. The molecule has 2 rings (SSSR count). The Labute approximate surface area is 98.2 Å². The third-order valence-electron chi connectivity index (χ3n) is 3.08. The maximum Gasteiger partial charge on any atom is 0.251 e. The third-order valence-corrected chi connectivity index (χ3v) is 3.08. The molecule has 0 spiro atoms. The van der Waals surface area contributed by atoms with Crippen LogP contribution in [0.5, 0.6) is 0 Å². The van der Waals surface area contributed by atoms with Crippen LogP contribution < -0.4 is 5.32 Å². The van der Waals surface area contributed by atoms with E-state index >= 15 is 0 Å². The molecule has 0 radical (unpaired) electrons. The van der Waals surface area contributed by atoms with Gasteiger partial charge in [0.2, 0.25) is 0 Å². The molecule has 1 N–H and O–H groups in total. The highest BCUT2D eigenvalue weighted by Crippen LogP contribution is 2.22. The predicted molar refractivity (Wildman–Crippen MR) is 59.2 cm³/mol. The Kier molecular flexibility index (Phi) is 3.86. The highest BCUT2D eigenvalue weighted by molar-refractivity contribution is 5.37. The molecule has 0 unspecified atom stereocenters. The fourth-order valence-corrected chi connectivity index (χ4v) is 2.16. The van der Waals surface area contributed by atoms with Crippen molar-refractivity contribution in [1.82, 2.24) is 4.98 Å². The zero-order valence-corrected chi connectivity index (χ0v) is 9.48. The van der Waals surface area contributed by atoms with Crippen molar-refractivity contribution in [1.29, 1.82) is 0 Å². The second-order valence-electron chi connectivity index (χ2n) is 4.42. The molecule has 1 heterocycles. The molecule has 1 aliphatic carbocycles. The first kappa shape index (κ1) is 12.2. The first-order chi connectivity index (χ1) is 8.16. The van der Waals surface area contributed by atoms with Gasteiger partial charge in [-0.2, -0.15) is 9.37 Å². The lowest BCUT2D eigenvalue weighted by Gasteiger charge is -2.17. The number of pyridine rings is 1. The van der Waals surface area contributed by atoms with E-state index in [-0.39, 0.29) is 11.9 Å². The van der Waals surface area contributed by atoms with Crippen LogP contribution in [0.15, 0.2) is 6.07 Å². The van der Waals surface area contributed by atoms with E-state index in [1.807, 2.05) is 0 Å². The van der Waals surface area contributed by atoms with E-state index in [0.717, 1.165) is 25.7 Å². The monoisotopic (exact) mass is 244 g/mol. The summed E-state index contributed by atoms with van der Waals surface area (Å²) < 4.78 is 39.0. The molecule has 0 bridgehead atoms. The van der Waals surface area contributed by atoms with Crippen LogP contribution in [-0.4, -0.2) is 11.0 Å². The average Bonchev–Trinajstić information content (AvgIpc) is 2.54. The van der Waals surface area contributed by atoms with Crippen LogP contribution in [-0.2, 0) is 0 Å². The molecule has 94 valence electrons. The van der Waals surface area contributed by atoms with Gasteiger partial charge in [-0.1, -0.05) is 25.7 Å². The summed E-state index contributed by atoms with van der Waals surface area (Å²) in [4.78, 5) is 3.27. The van der Waals surface area contributed by atoms with Crippen LogP contribution in [0.25, 0.3) is 0 Å². The standard InChI is InChI=1S/C12H15F3N2/c13-9-7-10(14)12(17-11(9)15)16-8-5-3-1-2-4-6-8/h7-8H,1-6H2,(H,16,17). The van der Waals surface area contributed by atoms with Gasteiger partial charge in [-0.05, 0) is 12.8 Å². The number of aromatic nitrogens is 1. The fourth-order valence-electron chi connectivity index (χ4n) is 2.16. The summed E-state index contributed by atoms with van der Waals surface area (Å²) in [7, 11) is 0. The van der Waals surface area contributed by atoms with Crippen LogP contribution in [0.3, 0.4) is 0 Å². The highest BCUT2D eigenvalue weighted by atomic mass is 19.2. The van der Waals surface area contributed by atoms with Gasteiger partial charge >= 0.3 is 0 Å². The fraction of sp³-hybridized carbons (Fsp3) is 0.583. The van der Waals surface area contributed by atoms with E-state index in [2.05, 4.69) is 10.3 Å². The topological polar surface area (TPSA) is 24.9 Å². The van der Waals surface area contributed by atoms with Crippen molar-refractivity contribution in [3.8, 4) is 0 Å². The smallest absolute Gasteiger partial charge is 0.251 e. The van der Waals surface area contributed by atoms with Crippen LogP contribution in [0.1, 0.15) is 38.5 Å². The van der Waals surface area contributed by atoms with E-state index in [1.165, 1.54) is 12.8 Å². The number of nitrogens with one attached hydrogen (secondary N) is 1. The Morgan fingerprint density at radius 1 is 1.00 bits per heavy atom. The number of hydrogen-bond acceptors (Lipinski definition) is 2. The van der Waals surface area contributed by atoms with Crippen LogP contribution in [0.2, 0.25) is 0 Å². The number of hydrogen-bond donors (Lipinski definition) is 1. The summed E-state index contributed by atoms with van der Waals surface area (Å²) >= 11 is 0. The number of halogens is 3. The first-order valence-electron chi connectivity index (χ1n) is 5.95. The zero-order chi connectivity index (χ0) is 12.3. The molecule has 17 heavy (non-hydrogen) atoms. The molecule has 1 aliphatic rings. The Hall–Kier alpha value is -1.26. The van der Waals surface area contributed by atoms with Gasteiger partial charge < -0.3 is 5.32 Å². The van der Waals surface area contributed by atoms with Gasteiger partial charge in [0.15, 0.2) is 17.5 Å². The quantitative estimate of drug-likeness (QED) is 0.634. The van der Waals surface area contributed by atoms with Crippen molar-refractivity contribution < 1.29 is 13.2 Å². The maximum absolute atomic E-state index is 13.4. The maximum atomic E-state index is 13.4. The van der Waals surface area contributed by atoms with E-state index in [1.54, 1.807) is 0 Å². The lowest BCUT2D eigenvalue weighted by Crippen LogP contribution is -2.20. The van der Waals surface area contributed by atoms with Crippen molar-refractivity contribution in [2.24, 2.45) is 0 Å². The van der Waals surface area contributed by atoms with Gasteiger partial charge in [0.25, 0.3) is 5.95 Å². The summed E-state index contributed by atoms with van der Waals surface area (Å²) in [6.45, 7) is 0. The summed E-state index contributed by atoms with van der Waals surface area (Å²) in [5.74, 6) is -3.54. The molecular weight excluding hydrogens is 229 g/mol. The van der Waals surface area contributed by atoms with Crippen molar-refractivity contribution in [3.63, 3.8) is 0 Å². The zero-order valence-electron chi connectivity index (χ0n) is 9.48. The SMILES string of the molecule is Fc1cc(F)c(NC2CCCCCC2)nc1F. The molecule has 0 aliphatic heterocycles. The largest absolute Gasteiger partial charge is 0.365 e. The summed E-state index contributed by atoms with van der Waals surface area (Å²) in [5, 5.41) is 2.86. The van der Waals surface area contributed by atoms with E-state index in [9.17, 15) is 13.2 Å². The van der Waals surface area contributed by atoms with Crippen molar-refractivity contribution in [2.75, 3.05) is 5.32 Å². The molecular formula is C12H15F3N2. The minimum absolute atomic E-state index is 0.101. The number of anilines is 1. The minimum Gasteiger partial charge on any atom is -0.365 e. The van der Waals surface area contributed by atoms with Crippen LogP contribution in [0.4, 0.5) is 19.0 Å². The third kappa shape index (κ3) is 3.11. The van der Waals surface area contributed by atoms with Gasteiger partial charge in [0.1, 0.15) is 0 Å². The second kappa shape index (κ2) is 5.38. The van der Waals surface area contributed by atoms with Crippen molar-refractivity contribution in [3.05, 3.63) is 23.6 Å². The van der Waals surface area contributed by atoms with Crippen molar-refractivity contribution >= 4 is 5.82 Å². The molecule has 0 amide bonds. The molecule has 1 aromatic heterocycles. The van der Waals surface area contributed by atoms with Crippen LogP contribution >= 0.6 is 0 Å². The van der Waals surface area contributed by atoms with Gasteiger partial charge in [-0.25, -0.2) is 8.78 Å². The molecule has 0 aromatic carbocycles. The lowest BCUT2D eigenvalue weighted by atomic mass is 10.1. The van der Waals surface area contributed by atoms with Gasteiger partial charge in [-0.15, -0.1) is 0 Å². The molecule has 5 heteroatoms. The molecule has 1 saturated carbocycles. The molecule has 1 aromatic rings. The van der Waals surface area contributed by atoms with Crippen LogP contribution in [0, 0.1) is 17.6 Å². The van der Waals surface area contributed by atoms with Crippen molar-refractivity contribution in [2.45, 2.75) is 44.6 Å². The molecule has 0 saturated heterocycles. The van der Waals surface area contributed by atoms with E-state index in [4.69, 9.17) is 0 Å². The molecule has 0 atom stereocenters. The Balaban J connectivity index is 2.09. The lowest BCUT2D eigenvalue weighted by molar-refractivity contribution is 0.464. The normalized spacial score (nSPS) is 17.8. The molecule has 2 nitrogen and oxygen atoms in total. The molecule has 1 fully saturated rings. The average molecular weight is 244 g/mol. The van der Waals surface area contributed by atoms with Gasteiger partial charge in [0.05, 0.1) is 0 Å². The summed E-state index contributed by atoms with van der Waals surface area (Å²) in [6.07, 6.45) is 6.32. The minimum atomic E-state index is -1.26. The number of rotatable bonds is 2. The van der Waals surface area contributed by atoms with Gasteiger partial charge in [-0.3, -0.25) is 0 Å². The second-order valence-corrected chi connectivity index (χ2v) is 4.42. The Morgan fingerprint density at radius 2 is 1.65 bits per heavy atom. The predicted octanol–water partition coefficient (Wildman–Crippen LogP) is 3.63.